The number of halogens is 1. The molecule has 0 radical (unpaired) electrons. The van der Waals surface area contributed by atoms with Crippen LogP contribution in [0.3, 0.4) is 0 Å². The first kappa shape index (κ1) is 12.2. The third-order valence-electron chi connectivity index (χ3n) is 2.79. The molecule has 0 saturated carbocycles. The van der Waals surface area contributed by atoms with Gasteiger partial charge in [-0.2, -0.15) is 0 Å². The number of rotatable bonds is 4. The molecule has 1 atom stereocenters. The van der Waals surface area contributed by atoms with Gasteiger partial charge in [0.25, 0.3) is 0 Å². The number of nitrogens with zero attached hydrogens (tertiary/aromatic N) is 1. The van der Waals surface area contributed by atoms with Gasteiger partial charge >= 0.3 is 5.97 Å². The first-order valence-corrected chi connectivity index (χ1v) is 5.86. The van der Waals surface area contributed by atoms with E-state index in [9.17, 15) is 4.79 Å². The minimum atomic E-state index is -0.850. The summed E-state index contributed by atoms with van der Waals surface area (Å²) in [6.45, 7) is 1.22. The second kappa shape index (κ2) is 5.38. The third kappa shape index (κ3) is 3.11. The number of hydrogen-bond acceptors (Lipinski definition) is 3. The number of benzene rings is 1. The molecule has 1 unspecified atom stereocenters. The van der Waals surface area contributed by atoms with Crippen molar-refractivity contribution in [3.63, 3.8) is 0 Å². The largest absolute Gasteiger partial charge is 0.480 e. The lowest BCUT2D eigenvalue weighted by atomic mass is 10.2. The number of carboxylic acid groups (broad SMARTS) is 1. The molecule has 92 valence electrons. The first-order valence-electron chi connectivity index (χ1n) is 5.48. The number of carboxylic acids is 1. The molecule has 1 heterocycles. The third-order valence-corrected chi connectivity index (χ3v) is 3.03. The normalized spacial score (nSPS) is 19.2. The number of anilines is 1. The number of aliphatic carboxylic acids is 1. The van der Waals surface area contributed by atoms with E-state index in [0.29, 0.717) is 18.2 Å². The van der Waals surface area contributed by atoms with Gasteiger partial charge in [0.15, 0.2) is 0 Å². The van der Waals surface area contributed by atoms with Crippen LogP contribution in [0, 0.1) is 0 Å². The standard InChI is InChI=1S/C12H14ClNO3/c13-9-2-1-3-10(6-9)14(7-12(15)16)11-4-5-17-8-11/h1-3,6,11H,4-5,7-8H2,(H,15,16). The van der Waals surface area contributed by atoms with Crippen LogP contribution in [-0.2, 0) is 9.53 Å². The van der Waals surface area contributed by atoms with E-state index in [1.807, 2.05) is 17.0 Å². The lowest BCUT2D eigenvalue weighted by molar-refractivity contribution is -0.135. The van der Waals surface area contributed by atoms with E-state index >= 15 is 0 Å². The Morgan fingerprint density at radius 2 is 2.41 bits per heavy atom. The highest BCUT2D eigenvalue weighted by molar-refractivity contribution is 6.30. The van der Waals surface area contributed by atoms with Crippen molar-refractivity contribution in [3.05, 3.63) is 29.3 Å². The molecular weight excluding hydrogens is 242 g/mol. The zero-order chi connectivity index (χ0) is 12.3. The summed E-state index contributed by atoms with van der Waals surface area (Å²) in [5, 5.41) is 9.57. The summed E-state index contributed by atoms with van der Waals surface area (Å²) in [5.74, 6) is -0.850. The van der Waals surface area contributed by atoms with Crippen LogP contribution in [-0.4, -0.2) is 36.9 Å². The van der Waals surface area contributed by atoms with E-state index in [1.165, 1.54) is 0 Å². The minimum Gasteiger partial charge on any atom is -0.480 e. The van der Waals surface area contributed by atoms with Crippen LogP contribution in [0.2, 0.25) is 5.02 Å². The second-order valence-electron chi connectivity index (χ2n) is 4.02. The average Bonchev–Trinajstić information content (AvgIpc) is 2.79. The fraction of sp³-hybridized carbons (Fsp3) is 0.417. The van der Waals surface area contributed by atoms with Gasteiger partial charge in [-0.3, -0.25) is 4.79 Å². The summed E-state index contributed by atoms with van der Waals surface area (Å²) < 4.78 is 5.30. The van der Waals surface area contributed by atoms with Gasteiger partial charge in [0.2, 0.25) is 0 Å². The monoisotopic (exact) mass is 255 g/mol. The van der Waals surface area contributed by atoms with Gasteiger partial charge in [0.1, 0.15) is 6.54 Å². The van der Waals surface area contributed by atoms with Crippen molar-refractivity contribution in [1.82, 2.24) is 0 Å². The van der Waals surface area contributed by atoms with Crippen LogP contribution in [0.15, 0.2) is 24.3 Å². The molecule has 1 aromatic carbocycles. The van der Waals surface area contributed by atoms with E-state index in [1.54, 1.807) is 12.1 Å². The van der Waals surface area contributed by atoms with Gasteiger partial charge in [0.05, 0.1) is 12.6 Å². The van der Waals surface area contributed by atoms with Crippen molar-refractivity contribution in [2.24, 2.45) is 0 Å². The Balaban J connectivity index is 2.22. The van der Waals surface area contributed by atoms with Gasteiger partial charge < -0.3 is 14.7 Å². The number of carbonyl (C=O) groups is 1. The molecule has 1 aliphatic heterocycles. The molecule has 4 nitrogen and oxygen atoms in total. The smallest absolute Gasteiger partial charge is 0.323 e. The zero-order valence-electron chi connectivity index (χ0n) is 9.30. The fourth-order valence-corrected chi connectivity index (χ4v) is 2.18. The molecule has 1 N–H and O–H groups in total. The van der Waals surface area contributed by atoms with Crippen molar-refractivity contribution in [2.75, 3.05) is 24.7 Å². The van der Waals surface area contributed by atoms with E-state index in [0.717, 1.165) is 12.1 Å². The topological polar surface area (TPSA) is 49.8 Å². The lowest BCUT2D eigenvalue weighted by Crippen LogP contribution is -2.39. The highest BCUT2D eigenvalue weighted by Gasteiger charge is 2.25. The van der Waals surface area contributed by atoms with Crippen LogP contribution >= 0.6 is 11.6 Å². The van der Waals surface area contributed by atoms with E-state index < -0.39 is 5.97 Å². The molecule has 2 rings (SSSR count). The summed E-state index contributed by atoms with van der Waals surface area (Å²) in [6.07, 6.45) is 0.847. The Kier molecular flexibility index (Phi) is 3.86. The molecule has 17 heavy (non-hydrogen) atoms. The van der Waals surface area contributed by atoms with Gasteiger partial charge in [-0.1, -0.05) is 17.7 Å². The van der Waals surface area contributed by atoms with Crippen LogP contribution < -0.4 is 4.90 Å². The van der Waals surface area contributed by atoms with Crippen LogP contribution in [0.25, 0.3) is 0 Å². The van der Waals surface area contributed by atoms with Crippen LogP contribution in [0.1, 0.15) is 6.42 Å². The van der Waals surface area contributed by atoms with Crippen molar-refractivity contribution in [2.45, 2.75) is 12.5 Å². The van der Waals surface area contributed by atoms with Crippen molar-refractivity contribution in [1.29, 1.82) is 0 Å². The number of hydrogen-bond donors (Lipinski definition) is 1. The predicted octanol–water partition coefficient (Wildman–Crippen LogP) is 2.02. The van der Waals surface area contributed by atoms with Crippen molar-refractivity contribution >= 4 is 23.3 Å². The molecule has 1 aliphatic rings. The van der Waals surface area contributed by atoms with Gasteiger partial charge in [-0.05, 0) is 24.6 Å². The summed E-state index contributed by atoms with van der Waals surface area (Å²) in [4.78, 5) is 12.7. The molecule has 0 aliphatic carbocycles. The Hall–Kier alpha value is -1.26. The van der Waals surface area contributed by atoms with E-state index in [4.69, 9.17) is 21.4 Å². The molecule has 1 saturated heterocycles. The SMILES string of the molecule is O=C(O)CN(c1cccc(Cl)c1)C1CCOC1. The van der Waals surface area contributed by atoms with Gasteiger partial charge in [0, 0.05) is 17.3 Å². The molecule has 1 fully saturated rings. The molecule has 0 aromatic heterocycles. The summed E-state index contributed by atoms with van der Waals surface area (Å²) >= 11 is 5.93. The molecule has 0 bridgehead atoms. The summed E-state index contributed by atoms with van der Waals surface area (Å²) in [7, 11) is 0. The molecule has 0 spiro atoms. The Bertz CT molecular complexity index is 404. The van der Waals surface area contributed by atoms with Crippen LogP contribution in [0.4, 0.5) is 5.69 Å². The quantitative estimate of drug-likeness (QED) is 0.894. The lowest BCUT2D eigenvalue weighted by Gasteiger charge is -2.28. The zero-order valence-corrected chi connectivity index (χ0v) is 10.1. The maximum absolute atomic E-state index is 10.9. The van der Waals surface area contributed by atoms with Crippen molar-refractivity contribution in [3.8, 4) is 0 Å². The molecule has 1 aromatic rings. The highest BCUT2D eigenvalue weighted by atomic mass is 35.5. The summed E-state index contributed by atoms with van der Waals surface area (Å²) in [5.41, 5.74) is 0.829. The average molecular weight is 256 g/mol. The van der Waals surface area contributed by atoms with Gasteiger partial charge in [-0.25, -0.2) is 0 Å². The highest BCUT2D eigenvalue weighted by Crippen LogP contribution is 2.24. The fourth-order valence-electron chi connectivity index (χ4n) is 2.00. The molecular formula is C12H14ClNO3. The minimum absolute atomic E-state index is 0.0334. The first-order chi connectivity index (χ1) is 8.16. The Morgan fingerprint density at radius 3 is 3.00 bits per heavy atom. The Morgan fingerprint density at radius 1 is 1.59 bits per heavy atom. The maximum atomic E-state index is 10.9. The molecule has 0 amide bonds. The maximum Gasteiger partial charge on any atom is 0.323 e. The summed E-state index contributed by atoms with van der Waals surface area (Å²) in [6, 6.07) is 7.36. The van der Waals surface area contributed by atoms with Crippen LogP contribution in [0.5, 0.6) is 0 Å². The second-order valence-corrected chi connectivity index (χ2v) is 4.46. The van der Waals surface area contributed by atoms with E-state index in [2.05, 4.69) is 0 Å². The van der Waals surface area contributed by atoms with Gasteiger partial charge in [-0.15, -0.1) is 0 Å². The number of ether oxygens (including phenoxy) is 1. The van der Waals surface area contributed by atoms with Crippen molar-refractivity contribution < 1.29 is 14.6 Å². The van der Waals surface area contributed by atoms with E-state index in [-0.39, 0.29) is 12.6 Å². The molecule has 5 heteroatoms. The predicted molar refractivity (Wildman–Crippen MR) is 65.7 cm³/mol. The Labute approximate surface area is 105 Å².